The van der Waals surface area contributed by atoms with Crippen LogP contribution in [0.25, 0.3) is 11.4 Å². The number of anilines is 1. The Bertz CT molecular complexity index is 736. The van der Waals surface area contributed by atoms with Gasteiger partial charge in [-0.3, -0.25) is 0 Å². The van der Waals surface area contributed by atoms with E-state index in [1.807, 2.05) is 36.6 Å². The molecule has 0 atom stereocenters. The summed E-state index contributed by atoms with van der Waals surface area (Å²) >= 11 is 1.43. The second-order valence-electron chi connectivity index (χ2n) is 4.61. The number of nitrogens with one attached hydrogen (secondary N) is 1. The van der Waals surface area contributed by atoms with Gasteiger partial charge in [0.05, 0.1) is 12.2 Å². The molecule has 3 rings (SSSR count). The van der Waals surface area contributed by atoms with Crippen molar-refractivity contribution >= 4 is 16.5 Å². The Morgan fingerprint density at radius 1 is 1.24 bits per heavy atom. The van der Waals surface area contributed by atoms with Gasteiger partial charge in [0.2, 0.25) is 11.7 Å². The van der Waals surface area contributed by atoms with Crippen molar-refractivity contribution in [2.45, 2.75) is 20.0 Å². The Morgan fingerprint density at radius 2 is 2.10 bits per heavy atom. The Labute approximate surface area is 126 Å². The third kappa shape index (κ3) is 3.26. The van der Waals surface area contributed by atoms with Crippen LogP contribution in [0, 0.1) is 6.92 Å². The highest BCUT2D eigenvalue weighted by Crippen LogP contribution is 2.19. The lowest BCUT2D eigenvalue weighted by atomic mass is 10.1. The summed E-state index contributed by atoms with van der Waals surface area (Å²) in [6, 6.07) is 7.95. The normalized spacial score (nSPS) is 10.9. The van der Waals surface area contributed by atoms with E-state index in [4.69, 9.17) is 10.3 Å². The number of nitrogens with two attached hydrogens (primary N) is 1. The number of aromatic nitrogens is 3. The fourth-order valence-electron chi connectivity index (χ4n) is 1.96. The molecule has 0 aliphatic rings. The van der Waals surface area contributed by atoms with Crippen molar-refractivity contribution in [1.29, 1.82) is 0 Å². The fraction of sp³-hybridized carbons (Fsp3) is 0.214. The Kier molecular flexibility index (Phi) is 3.94. The summed E-state index contributed by atoms with van der Waals surface area (Å²) < 4.78 is 5.25. The molecule has 2 aromatic heterocycles. The topological polar surface area (TPSA) is 89.9 Å². The van der Waals surface area contributed by atoms with Gasteiger partial charge in [0.1, 0.15) is 0 Å². The molecule has 0 radical (unpaired) electrons. The highest BCUT2D eigenvalue weighted by atomic mass is 32.1. The van der Waals surface area contributed by atoms with Gasteiger partial charge in [0, 0.05) is 17.5 Å². The summed E-state index contributed by atoms with van der Waals surface area (Å²) in [5.41, 5.74) is 8.60. The van der Waals surface area contributed by atoms with Crippen molar-refractivity contribution in [1.82, 2.24) is 20.4 Å². The number of hydrogen-bond acceptors (Lipinski definition) is 7. The first kappa shape index (κ1) is 13.7. The number of nitrogens with zero attached hydrogens (tertiary/aromatic N) is 3. The summed E-state index contributed by atoms with van der Waals surface area (Å²) in [5, 5.41) is 9.72. The molecule has 0 bridgehead atoms. The third-order valence-corrected chi connectivity index (χ3v) is 3.73. The van der Waals surface area contributed by atoms with Crippen molar-refractivity contribution in [2.24, 2.45) is 0 Å². The first-order chi connectivity index (χ1) is 10.2. The first-order valence-corrected chi connectivity index (χ1v) is 7.39. The predicted molar refractivity (Wildman–Crippen MR) is 81.5 cm³/mol. The zero-order valence-corrected chi connectivity index (χ0v) is 12.4. The summed E-state index contributed by atoms with van der Waals surface area (Å²) in [6.07, 6.45) is 0. The van der Waals surface area contributed by atoms with Gasteiger partial charge in [-0.2, -0.15) is 4.98 Å². The molecule has 0 aliphatic carbocycles. The summed E-state index contributed by atoms with van der Waals surface area (Å²) in [5.74, 6) is 1.17. The molecule has 0 aliphatic heterocycles. The van der Waals surface area contributed by atoms with Gasteiger partial charge in [-0.1, -0.05) is 29.4 Å². The maximum atomic E-state index is 5.58. The Hall–Kier alpha value is -2.25. The minimum absolute atomic E-state index is 0.496. The van der Waals surface area contributed by atoms with Crippen LogP contribution >= 0.6 is 11.3 Å². The highest BCUT2D eigenvalue weighted by molar-refractivity contribution is 7.13. The molecule has 7 heteroatoms. The minimum Gasteiger partial charge on any atom is -0.375 e. The smallest absolute Gasteiger partial charge is 0.240 e. The van der Waals surface area contributed by atoms with Crippen LogP contribution in [0.5, 0.6) is 0 Å². The van der Waals surface area contributed by atoms with Gasteiger partial charge in [-0.25, -0.2) is 4.98 Å². The number of benzene rings is 1. The van der Waals surface area contributed by atoms with Gasteiger partial charge in [-0.05, 0) is 12.5 Å². The zero-order valence-electron chi connectivity index (χ0n) is 11.5. The largest absolute Gasteiger partial charge is 0.375 e. The molecule has 3 N–H and O–H groups in total. The van der Waals surface area contributed by atoms with Gasteiger partial charge >= 0.3 is 0 Å². The number of aryl methyl sites for hydroxylation is 1. The van der Waals surface area contributed by atoms with E-state index in [1.165, 1.54) is 11.3 Å². The van der Waals surface area contributed by atoms with E-state index in [0.29, 0.717) is 29.9 Å². The maximum absolute atomic E-state index is 5.58. The molecule has 0 saturated carbocycles. The van der Waals surface area contributed by atoms with Crippen molar-refractivity contribution in [3.05, 3.63) is 46.8 Å². The van der Waals surface area contributed by atoms with Crippen LogP contribution in [-0.4, -0.2) is 15.1 Å². The summed E-state index contributed by atoms with van der Waals surface area (Å²) in [6.45, 7) is 3.14. The lowest BCUT2D eigenvalue weighted by molar-refractivity contribution is 0.367. The van der Waals surface area contributed by atoms with E-state index < -0.39 is 0 Å². The van der Waals surface area contributed by atoms with Crippen LogP contribution in [0.15, 0.2) is 34.2 Å². The Morgan fingerprint density at radius 3 is 2.86 bits per heavy atom. The van der Waals surface area contributed by atoms with E-state index in [2.05, 4.69) is 20.4 Å². The van der Waals surface area contributed by atoms with Crippen LogP contribution in [0.1, 0.15) is 17.1 Å². The van der Waals surface area contributed by atoms with Crippen LogP contribution in [0.2, 0.25) is 0 Å². The van der Waals surface area contributed by atoms with Crippen molar-refractivity contribution in [3.8, 4) is 11.4 Å². The van der Waals surface area contributed by atoms with Gasteiger partial charge < -0.3 is 15.6 Å². The molecule has 2 heterocycles. The molecule has 0 unspecified atom stereocenters. The summed E-state index contributed by atoms with van der Waals surface area (Å²) in [4.78, 5) is 8.57. The average molecular weight is 301 g/mol. The van der Waals surface area contributed by atoms with Crippen molar-refractivity contribution in [2.75, 3.05) is 5.73 Å². The molecule has 21 heavy (non-hydrogen) atoms. The van der Waals surface area contributed by atoms with Gasteiger partial charge in [0.25, 0.3) is 0 Å². The SMILES string of the molecule is Cc1ccccc1-c1noc(CNCc2csc(N)n2)n1. The molecule has 1 aromatic carbocycles. The highest BCUT2D eigenvalue weighted by Gasteiger charge is 2.10. The number of nitrogen functional groups attached to an aromatic ring is 1. The molecule has 108 valence electrons. The van der Waals surface area contributed by atoms with E-state index in [9.17, 15) is 0 Å². The van der Waals surface area contributed by atoms with E-state index in [1.54, 1.807) is 0 Å². The van der Waals surface area contributed by atoms with Gasteiger partial charge in [-0.15, -0.1) is 11.3 Å². The van der Waals surface area contributed by atoms with Crippen LogP contribution in [-0.2, 0) is 13.1 Å². The second kappa shape index (κ2) is 6.02. The van der Waals surface area contributed by atoms with E-state index in [0.717, 1.165) is 16.8 Å². The first-order valence-electron chi connectivity index (χ1n) is 6.51. The zero-order chi connectivity index (χ0) is 14.7. The van der Waals surface area contributed by atoms with Crippen molar-refractivity contribution in [3.63, 3.8) is 0 Å². The number of rotatable bonds is 5. The predicted octanol–water partition coefficient (Wildman–Crippen LogP) is 2.37. The molecular weight excluding hydrogens is 286 g/mol. The average Bonchev–Trinajstić information content (AvgIpc) is 3.09. The summed E-state index contributed by atoms with van der Waals surface area (Å²) in [7, 11) is 0. The minimum atomic E-state index is 0.496. The second-order valence-corrected chi connectivity index (χ2v) is 5.50. The number of hydrogen-bond donors (Lipinski definition) is 2. The monoisotopic (exact) mass is 301 g/mol. The van der Waals surface area contributed by atoms with E-state index in [-0.39, 0.29) is 0 Å². The number of thiazole rings is 1. The van der Waals surface area contributed by atoms with Crippen LogP contribution in [0.4, 0.5) is 5.13 Å². The lowest BCUT2D eigenvalue weighted by Gasteiger charge is -1.98. The maximum Gasteiger partial charge on any atom is 0.240 e. The van der Waals surface area contributed by atoms with Crippen molar-refractivity contribution < 1.29 is 4.52 Å². The lowest BCUT2D eigenvalue weighted by Crippen LogP contribution is -2.13. The molecule has 0 spiro atoms. The molecule has 0 fully saturated rings. The van der Waals surface area contributed by atoms with Gasteiger partial charge in [0.15, 0.2) is 5.13 Å². The molecular formula is C14H15N5OS. The Balaban J connectivity index is 1.62. The molecule has 0 amide bonds. The fourth-order valence-corrected chi connectivity index (χ4v) is 2.52. The quantitative estimate of drug-likeness (QED) is 0.752. The standard InChI is InChI=1S/C14H15N5OS/c1-9-4-2-3-5-11(9)13-18-12(20-19-13)7-16-6-10-8-21-14(15)17-10/h2-5,8,16H,6-7H2,1H3,(H2,15,17). The molecule has 6 nitrogen and oxygen atoms in total. The molecule has 0 saturated heterocycles. The molecule has 3 aromatic rings. The third-order valence-electron chi connectivity index (χ3n) is 3.01. The van der Waals surface area contributed by atoms with Crippen LogP contribution < -0.4 is 11.1 Å². The van der Waals surface area contributed by atoms with E-state index >= 15 is 0 Å². The van der Waals surface area contributed by atoms with Crippen LogP contribution in [0.3, 0.4) is 0 Å².